The van der Waals surface area contributed by atoms with Crippen molar-refractivity contribution in [2.24, 2.45) is 0 Å². The molecule has 0 bridgehead atoms. The van der Waals surface area contributed by atoms with E-state index in [4.69, 9.17) is 14.2 Å². The lowest BCUT2D eigenvalue weighted by Crippen LogP contribution is -2.30. The van der Waals surface area contributed by atoms with E-state index in [1.165, 1.54) is 193 Å². The zero-order chi connectivity index (χ0) is 44.9. The van der Waals surface area contributed by atoms with E-state index in [2.05, 4.69) is 69.4 Å². The summed E-state index contributed by atoms with van der Waals surface area (Å²) < 4.78 is 17.4. The number of rotatable bonds is 50. The molecule has 0 saturated carbocycles. The van der Waals surface area contributed by atoms with Gasteiger partial charge in [-0.3, -0.25) is 9.59 Å². The lowest BCUT2D eigenvalue weighted by atomic mass is 10.1. The molecule has 0 aliphatic carbocycles. The number of carbonyl (C=O) groups is 2. The van der Waals surface area contributed by atoms with Crippen molar-refractivity contribution in [1.82, 2.24) is 0 Å². The molecule has 0 aromatic heterocycles. The normalized spacial score (nSPS) is 12.5. The van der Waals surface area contributed by atoms with Crippen molar-refractivity contribution in [3.63, 3.8) is 0 Å². The third-order valence-electron chi connectivity index (χ3n) is 11.8. The van der Waals surface area contributed by atoms with Crippen molar-refractivity contribution >= 4 is 11.9 Å². The molecule has 62 heavy (non-hydrogen) atoms. The van der Waals surface area contributed by atoms with Crippen molar-refractivity contribution < 1.29 is 23.8 Å². The summed E-state index contributed by atoms with van der Waals surface area (Å²) in [5.74, 6) is -0.397. The number of hydrogen-bond acceptors (Lipinski definition) is 5. The third-order valence-corrected chi connectivity index (χ3v) is 11.8. The van der Waals surface area contributed by atoms with Crippen LogP contribution in [0.2, 0.25) is 0 Å². The van der Waals surface area contributed by atoms with Gasteiger partial charge in [0.05, 0.1) is 6.61 Å². The Morgan fingerprint density at radius 3 is 1.10 bits per heavy atom. The maximum absolute atomic E-state index is 12.7. The number of esters is 2. The second-order valence-electron chi connectivity index (χ2n) is 18.1. The molecular formula is C57H104O5. The van der Waals surface area contributed by atoms with Crippen LogP contribution in [-0.2, 0) is 23.8 Å². The van der Waals surface area contributed by atoms with Gasteiger partial charge in [-0.15, -0.1) is 0 Å². The second-order valence-corrected chi connectivity index (χ2v) is 18.1. The second kappa shape index (κ2) is 53.2. The van der Waals surface area contributed by atoms with Gasteiger partial charge in [0, 0.05) is 19.4 Å². The molecule has 0 aliphatic rings. The highest BCUT2D eigenvalue weighted by atomic mass is 16.6. The molecule has 0 saturated heterocycles. The molecule has 5 heteroatoms. The van der Waals surface area contributed by atoms with Gasteiger partial charge < -0.3 is 14.2 Å². The van der Waals surface area contributed by atoms with Gasteiger partial charge in [-0.05, 0) is 83.5 Å². The van der Waals surface area contributed by atoms with Gasteiger partial charge >= 0.3 is 11.9 Å². The van der Waals surface area contributed by atoms with Gasteiger partial charge in [0.15, 0.2) is 6.10 Å². The molecule has 0 fully saturated rings. The first-order valence-corrected chi connectivity index (χ1v) is 27.2. The molecular weight excluding hydrogens is 765 g/mol. The maximum Gasteiger partial charge on any atom is 0.306 e. The van der Waals surface area contributed by atoms with Gasteiger partial charge in [0.25, 0.3) is 0 Å². The van der Waals surface area contributed by atoms with E-state index < -0.39 is 6.10 Å². The van der Waals surface area contributed by atoms with E-state index in [0.29, 0.717) is 19.4 Å². The van der Waals surface area contributed by atoms with Crippen LogP contribution in [0.25, 0.3) is 0 Å². The van der Waals surface area contributed by atoms with Crippen LogP contribution < -0.4 is 0 Å². The predicted molar refractivity (Wildman–Crippen MR) is 270 cm³/mol. The summed E-state index contributed by atoms with van der Waals surface area (Å²) in [7, 11) is 0. The average Bonchev–Trinajstić information content (AvgIpc) is 3.27. The first-order valence-electron chi connectivity index (χ1n) is 27.2. The van der Waals surface area contributed by atoms with Crippen molar-refractivity contribution in [1.29, 1.82) is 0 Å². The number of ether oxygens (including phenoxy) is 3. The van der Waals surface area contributed by atoms with Gasteiger partial charge in [0.2, 0.25) is 0 Å². The van der Waals surface area contributed by atoms with Crippen LogP contribution in [0.4, 0.5) is 0 Å². The fourth-order valence-corrected chi connectivity index (χ4v) is 7.75. The minimum absolute atomic E-state index is 0.0836. The van der Waals surface area contributed by atoms with Crippen LogP contribution in [0.5, 0.6) is 0 Å². The predicted octanol–water partition coefficient (Wildman–Crippen LogP) is 18.3. The van der Waals surface area contributed by atoms with E-state index in [0.717, 1.165) is 51.4 Å². The lowest BCUT2D eigenvalue weighted by molar-refractivity contribution is -0.163. The largest absolute Gasteiger partial charge is 0.462 e. The molecule has 1 unspecified atom stereocenters. The van der Waals surface area contributed by atoms with Crippen LogP contribution in [0.3, 0.4) is 0 Å². The molecule has 5 nitrogen and oxygen atoms in total. The molecule has 0 radical (unpaired) electrons. The van der Waals surface area contributed by atoms with E-state index in [-0.39, 0.29) is 25.2 Å². The summed E-state index contributed by atoms with van der Waals surface area (Å²) in [6, 6.07) is 0. The standard InChI is InChI=1S/C57H104O5/c1-4-7-10-13-16-19-21-23-25-27-29-30-32-34-36-39-41-44-47-50-56(58)61-54-55(62-57(59)51-48-45-42-38-18-15-12-9-6-3)53-60-52-49-46-43-40-37-35-33-31-28-26-24-22-20-17-14-11-8-5-2/h16-17,19-20,23-26,55H,4-15,18,21-22,27-54H2,1-3H3/b19-16-,20-17-,25-23-,26-24-. The molecule has 362 valence electrons. The highest BCUT2D eigenvalue weighted by molar-refractivity contribution is 5.70. The van der Waals surface area contributed by atoms with Gasteiger partial charge in [-0.2, -0.15) is 0 Å². The Bertz CT molecular complexity index is 1030. The summed E-state index contributed by atoms with van der Waals surface area (Å²) in [6.45, 7) is 7.78. The summed E-state index contributed by atoms with van der Waals surface area (Å²) in [6.07, 6.45) is 65.5. The van der Waals surface area contributed by atoms with E-state index >= 15 is 0 Å². The summed E-state index contributed by atoms with van der Waals surface area (Å²) in [5, 5.41) is 0. The Labute approximate surface area is 386 Å². The highest BCUT2D eigenvalue weighted by Gasteiger charge is 2.17. The molecule has 0 N–H and O–H groups in total. The Kier molecular flexibility index (Phi) is 51.4. The minimum atomic E-state index is -0.537. The van der Waals surface area contributed by atoms with E-state index in [1.807, 2.05) is 0 Å². The van der Waals surface area contributed by atoms with Crippen LogP contribution in [0.15, 0.2) is 48.6 Å². The minimum Gasteiger partial charge on any atom is -0.462 e. The number of carbonyl (C=O) groups excluding carboxylic acids is 2. The monoisotopic (exact) mass is 869 g/mol. The van der Waals surface area contributed by atoms with Gasteiger partial charge in [0.1, 0.15) is 6.61 Å². The van der Waals surface area contributed by atoms with Crippen molar-refractivity contribution in [3.8, 4) is 0 Å². The number of allylic oxidation sites excluding steroid dienone is 8. The average molecular weight is 869 g/mol. The molecule has 0 aromatic carbocycles. The Morgan fingerprint density at radius 2 is 0.677 bits per heavy atom. The smallest absolute Gasteiger partial charge is 0.306 e. The Balaban J connectivity index is 4.16. The van der Waals surface area contributed by atoms with Crippen LogP contribution in [0.1, 0.15) is 278 Å². The number of unbranched alkanes of at least 4 members (excludes halogenated alkanes) is 31. The zero-order valence-electron chi connectivity index (χ0n) is 41.6. The molecule has 0 aliphatic heterocycles. The fraction of sp³-hybridized carbons (Fsp3) is 0.825. The third kappa shape index (κ3) is 50.5. The molecule has 0 spiro atoms. The van der Waals surface area contributed by atoms with Gasteiger partial charge in [-0.1, -0.05) is 230 Å². The SMILES string of the molecule is CCCCC/C=C\C/C=C\CCCCCCCCCCCC(=O)OCC(COCCCCCCCCCC/C=C\C/C=C\CCCCC)OC(=O)CCCCCCCCCCC. The zero-order valence-corrected chi connectivity index (χ0v) is 41.6. The van der Waals surface area contributed by atoms with Crippen molar-refractivity contribution in [3.05, 3.63) is 48.6 Å². The molecule has 0 rings (SSSR count). The fourth-order valence-electron chi connectivity index (χ4n) is 7.75. The van der Waals surface area contributed by atoms with Gasteiger partial charge in [-0.25, -0.2) is 0 Å². The number of hydrogen-bond donors (Lipinski definition) is 0. The summed E-state index contributed by atoms with van der Waals surface area (Å²) in [4.78, 5) is 25.4. The Hall–Kier alpha value is -2.14. The van der Waals surface area contributed by atoms with Crippen molar-refractivity contribution in [2.45, 2.75) is 284 Å². The van der Waals surface area contributed by atoms with E-state index in [1.54, 1.807) is 0 Å². The van der Waals surface area contributed by atoms with E-state index in [9.17, 15) is 9.59 Å². The lowest BCUT2D eigenvalue weighted by Gasteiger charge is -2.18. The highest BCUT2D eigenvalue weighted by Crippen LogP contribution is 2.15. The maximum atomic E-state index is 12.7. The quantitative estimate of drug-likeness (QED) is 0.0346. The molecule has 1 atom stereocenters. The summed E-state index contributed by atoms with van der Waals surface area (Å²) in [5.41, 5.74) is 0. The first-order chi connectivity index (χ1) is 30.6. The molecule has 0 heterocycles. The Morgan fingerprint density at radius 1 is 0.355 bits per heavy atom. The molecule has 0 amide bonds. The molecule has 0 aromatic rings. The van der Waals surface area contributed by atoms with Crippen molar-refractivity contribution in [2.75, 3.05) is 19.8 Å². The first kappa shape index (κ1) is 59.9. The topological polar surface area (TPSA) is 61.8 Å². The van der Waals surface area contributed by atoms with Crippen LogP contribution >= 0.6 is 0 Å². The van der Waals surface area contributed by atoms with Crippen LogP contribution in [0, 0.1) is 0 Å². The summed E-state index contributed by atoms with van der Waals surface area (Å²) >= 11 is 0. The van der Waals surface area contributed by atoms with Crippen LogP contribution in [-0.4, -0.2) is 37.9 Å².